The highest BCUT2D eigenvalue weighted by molar-refractivity contribution is 5.94. The first kappa shape index (κ1) is 20.3. The Hall–Kier alpha value is -3.40. The zero-order valence-corrected chi connectivity index (χ0v) is 17.0. The fraction of sp³-hybridized carbons (Fsp3) is 0.200. The Morgan fingerprint density at radius 1 is 0.862 bits per heavy atom. The number of hydrazone groups is 1. The maximum absolute atomic E-state index is 12.5. The number of amides is 1. The topological polar surface area (TPSA) is 44.7 Å². The molecule has 1 amide bonds. The lowest BCUT2D eigenvalue weighted by Crippen LogP contribution is -2.22. The van der Waals surface area contributed by atoms with Gasteiger partial charge < -0.3 is 4.90 Å². The van der Waals surface area contributed by atoms with E-state index in [9.17, 15) is 4.79 Å². The molecule has 0 bridgehead atoms. The Bertz CT molecular complexity index is 878. The number of anilines is 1. The Morgan fingerprint density at radius 3 is 1.86 bits per heavy atom. The maximum atomic E-state index is 12.5. The van der Waals surface area contributed by atoms with E-state index in [-0.39, 0.29) is 11.8 Å². The Kier molecular flexibility index (Phi) is 7.17. The SMILES string of the molecule is CCN(CC)c1ccc(C(=O)NN=CC(c2ccccc2)c2ccccc2)cc1. The fourth-order valence-corrected chi connectivity index (χ4v) is 3.33. The lowest BCUT2D eigenvalue weighted by Gasteiger charge is -2.20. The van der Waals surface area contributed by atoms with Crippen LogP contribution in [-0.4, -0.2) is 25.2 Å². The van der Waals surface area contributed by atoms with Crippen LogP contribution >= 0.6 is 0 Å². The van der Waals surface area contributed by atoms with Crippen molar-refractivity contribution in [1.82, 2.24) is 5.43 Å². The van der Waals surface area contributed by atoms with Crippen LogP contribution in [0.1, 0.15) is 41.3 Å². The molecule has 4 heteroatoms. The molecule has 3 aromatic rings. The lowest BCUT2D eigenvalue weighted by molar-refractivity contribution is 0.0955. The molecule has 0 heterocycles. The minimum Gasteiger partial charge on any atom is -0.372 e. The number of nitrogens with one attached hydrogen (secondary N) is 1. The van der Waals surface area contributed by atoms with E-state index in [4.69, 9.17) is 0 Å². The van der Waals surface area contributed by atoms with E-state index in [2.05, 4.69) is 53.5 Å². The maximum Gasteiger partial charge on any atom is 0.271 e. The predicted octanol–water partition coefficient (Wildman–Crippen LogP) is 5.08. The van der Waals surface area contributed by atoms with E-state index in [1.807, 2.05) is 60.7 Å². The van der Waals surface area contributed by atoms with Gasteiger partial charge in [-0.05, 0) is 49.2 Å². The first-order chi connectivity index (χ1) is 14.2. The van der Waals surface area contributed by atoms with E-state index < -0.39 is 0 Å². The van der Waals surface area contributed by atoms with Crippen LogP contribution in [0, 0.1) is 0 Å². The monoisotopic (exact) mass is 385 g/mol. The van der Waals surface area contributed by atoms with E-state index in [0.29, 0.717) is 5.56 Å². The van der Waals surface area contributed by atoms with Crippen LogP contribution in [0.3, 0.4) is 0 Å². The van der Waals surface area contributed by atoms with Gasteiger partial charge in [-0.1, -0.05) is 60.7 Å². The summed E-state index contributed by atoms with van der Waals surface area (Å²) in [5.41, 5.74) is 6.62. The molecule has 0 saturated carbocycles. The second-order valence-electron chi connectivity index (χ2n) is 6.74. The Balaban J connectivity index is 1.71. The molecule has 0 aliphatic carbocycles. The fourth-order valence-electron chi connectivity index (χ4n) is 3.33. The number of hydrogen-bond donors (Lipinski definition) is 1. The minimum atomic E-state index is -0.216. The van der Waals surface area contributed by atoms with Gasteiger partial charge in [-0.3, -0.25) is 4.79 Å². The molecular weight excluding hydrogens is 358 g/mol. The van der Waals surface area contributed by atoms with Crippen LogP contribution in [0.15, 0.2) is 90.0 Å². The first-order valence-corrected chi connectivity index (χ1v) is 10.0. The van der Waals surface area contributed by atoms with E-state index in [1.165, 1.54) is 0 Å². The van der Waals surface area contributed by atoms with Gasteiger partial charge in [-0.15, -0.1) is 0 Å². The number of carbonyl (C=O) groups excluding carboxylic acids is 1. The van der Waals surface area contributed by atoms with Crippen molar-refractivity contribution >= 4 is 17.8 Å². The number of rotatable bonds is 8. The number of benzene rings is 3. The summed E-state index contributed by atoms with van der Waals surface area (Å²) >= 11 is 0. The molecule has 3 rings (SSSR count). The molecule has 0 spiro atoms. The molecule has 0 fully saturated rings. The van der Waals surface area contributed by atoms with E-state index in [1.54, 1.807) is 6.21 Å². The van der Waals surface area contributed by atoms with Gasteiger partial charge in [0.15, 0.2) is 0 Å². The summed E-state index contributed by atoms with van der Waals surface area (Å²) in [7, 11) is 0. The average molecular weight is 386 g/mol. The molecule has 0 aromatic heterocycles. The van der Waals surface area contributed by atoms with E-state index >= 15 is 0 Å². The third-order valence-electron chi connectivity index (χ3n) is 4.97. The molecule has 0 unspecified atom stereocenters. The standard InChI is InChI=1S/C25H27N3O/c1-3-28(4-2)23-17-15-22(16-18-23)25(29)27-26-19-24(20-11-7-5-8-12-20)21-13-9-6-10-14-21/h5-19,24H,3-4H2,1-2H3,(H,27,29). The number of hydrogen-bond acceptors (Lipinski definition) is 3. The third kappa shape index (κ3) is 5.32. The van der Waals surface area contributed by atoms with Crippen molar-refractivity contribution in [2.45, 2.75) is 19.8 Å². The van der Waals surface area contributed by atoms with Gasteiger partial charge in [0.05, 0.1) is 0 Å². The molecule has 0 saturated heterocycles. The van der Waals surface area contributed by atoms with Crippen molar-refractivity contribution in [2.24, 2.45) is 5.10 Å². The average Bonchev–Trinajstić information content (AvgIpc) is 2.79. The van der Waals surface area contributed by atoms with Crippen LogP contribution in [0.2, 0.25) is 0 Å². The smallest absolute Gasteiger partial charge is 0.271 e. The van der Waals surface area contributed by atoms with Crippen LogP contribution < -0.4 is 10.3 Å². The largest absolute Gasteiger partial charge is 0.372 e. The van der Waals surface area contributed by atoms with Crippen molar-refractivity contribution in [1.29, 1.82) is 0 Å². The number of nitrogens with zero attached hydrogens (tertiary/aromatic N) is 2. The van der Waals surface area contributed by atoms with Crippen molar-refractivity contribution < 1.29 is 4.79 Å². The normalized spacial score (nSPS) is 11.0. The minimum absolute atomic E-state index is 0.0252. The third-order valence-corrected chi connectivity index (χ3v) is 4.97. The second kappa shape index (κ2) is 10.2. The zero-order valence-electron chi connectivity index (χ0n) is 17.0. The highest BCUT2D eigenvalue weighted by atomic mass is 16.2. The molecular formula is C25H27N3O. The summed E-state index contributed by atoms with van der Waals surface area (Å²) in [6, 6.07) is 27.9. The zero-order chi connectivity index (χ0) is 20.5. The summed E-state index contributed by atoms with van der Waals surface area (Å²) < 4.78 is 0. The molecule has 3 aromatic carbocycles. The highest BCUT2D eigenvalue weighted by Crippen LogP contribution is 2.22. The van der Waals surface area contributed by atoms with Gasteiger partial charge in [0.2, 0.25) is 0 Å². The highest BCUT2D eigenvalue weighted by Gasteiger charge is 2.12. The Labute approximate surface area is 172 Å². The van der Waals surface area contributed by atoms with Gasteiger partial charge in [0, 0.05) is 36.5 Å². The molecule has 4 nitrogen and oxygen atoms in total. The summed E-state index contributed by atoms with van der Waals surface area (Å²) in [5.74, 6) is -0.241. The van der Waals surface area contributed by atoms with Crippen LogP contribution in [0.4, 0.5) is 5.69 Å². The van der Waals surface area contributed by atoms with Crippen LogP contribution in [-0.2, 0) is 0 Å². The van der Waals surface area contributed by atoms with Crippen molar-refractivity contribution in [3.63, 3.8) is 0 Å². The molecule has 0 radical (unpaired) electrons. The van der Waals surface area contributed by atoms with Crippen molar-refractivity contribution in [3.05, 3.63) is 102 Å². The molecule has 148 valence electrons. The second-order valence-corrected chi connectivity index (χ2v) is 6.74. The summed E-state index contributed by atoms with van der Waals surface area (Å²) in [5, 5.41) is 4.26. The van der Waals surface area contributed by atoms with Crippen molar-refractivity contribution in [2.75, 3.05) is 18.0 Å². The molecule has 0 aliphatic heterocycles. The number of carbonyl (C=O) groups is 1. The van der Waals surface area contributed by atoms with Gasteiger partial charge in [-0.2, -0.15) is 5.10 Å². The van der Waals surface area contributed by atoms with Gasteiger partial charge in [0.1, 0.15) is 0 Å². The summed E-state index contributed by atoms with van der Waals surface area (Å²) in [6.07, 6.45) is 1.78. The Morgan fingerprint density at radius 2 is 1.38 bits per heavy atom. The molecule has 0 atom stereocenters. The molecule has 1 N–H and O–H groups in total. The predicted molar refractivity (Wildman–Crippen MR) is 121 cm³/mol. The quantitative estimate of drug-likeness (QED) is 0.434. The van der Waals surface area contributed by atoms with Crippen LogP contribution in [0.25, 0.3) is 0 Å². The van der Waals surface area contributed by atoms with Crippen LogP contribution in [0.5, 0.6) is 0 Å². The molecule has 29 heavy (non-hydrogen) atoms. The van der Waals surface area contributed by atoms with E-state index in [0.717, 1.165) is 29.9 Å². The summed E-state index contributed by atoms with van der Waals surface area (Å²) in [4.78, 5) is 14.7. The van der Waals surface area contributed by atoms with Gasteiger partial charge in [-0.25, -0.2) is 5.43 Å². The van der Waals surface area contributed by atoms with Gasteiger partial charge in [0.25, 0.3) is 5.91 Å². The lowest BCUT2D eigenvalue weighted by atomic mass is 9.92. The first-order valence-electron chi connectivity index (χ1n) is 10.0. The van der Waals surface area contributed by atoms with Gasteiger partial charge >= 0.3 is 0 Å². The summed E-state index contributed by atoms with van der Waals surface area (Å²) in [6.45, 7) is 6.11. The molecule has 0 aliphatic rings. The van der Waals surface area contributed by atoms with Crippen molar-refractivity contribution in [3.8, 4) is 0 Å².